The molecular formula is C15H14F3N3O2. The molecule has 0 spiro atoms. The van der Waals surface area contributed by atoms with Gasteiger partial charge in [0, 0.05) is 31.2 Å². The van der Waals surface area contributed by atoms with Crippen LogP contribution in [-0.2, 0) is 23.9 Å². The minimum absolute atomic E-state index is 0.304. The molecule has 0 atom stereocenters. The lowest BCUT2D eigenvalue weighted by atomic mass is 10.2. The summed E-state index contributed by atoms with van der Waals surface area (Å²) in [6.45, 7) is -0.159. The molecule has 2 aromatic heterocycles. The molecule has 2 rings (SSSR count). The number of carbonyl (C=O) groups is 1. The van der Waals surface area contributed by atoms with Gasteiger partial charge in [-0.2, -0.15) is 13.2 Å². The summed E-state index contributed by atoms with van der Waals surface area (Å²) >= 11 is 0. The van der Waals surface area contributed by atoms with E-state index in [0.29, 0.717) is 25.2 Å². The average Bonchev–Trinajstić information content (AvgIpc) is 2.49. The molecule has 8 heteroatoms. The van der Waals surface area contributed by atoms with Crippen molar-refractivity contribution in [2.45, 2.75) is 19.1 Å². The van der Waals surface area contributed by atoms with Crippen LogP contribution >= 0.6 is 0 Å². The SMILES string of the molecule is O=C(Cn1cc(C(F)(F)F)ccc1=O)NCCc1cccnc1. The molecule has 0 saturated carbocycles. The van der Waals surface area contributed by atoms with Crippen LogP contribution in [0.4, 0.5) is 13.2 Å². The highest BCUT2D eigenvalue weighted by molar-refractivity contribution is 5.75. The first-order valence-electron chi connectivity index (χ1n) is 6.79. The van der Waals surface area contributed by atoms with Crippen LogP contribution in [0, 0.1) is 0 Å². The molecule has 2 aromatic rings. The molecule has 1 N–H and O–H groups in total. The molecule has 0 radical (unpaired) electrons. The Morgan fingerprint density at radius 1 is 1.26 bits per heavy atom. The van der Waals surface area contributed by atoms with E-state index in [-0.39, 0.29) is 0 Å². The smallest absolute Gasteiger partial charge is 0.354 e. The monoisotopic (exact) mass is 325 g/mol. The standard InChI is InChI=1S/C15H14F3N3O2/c16-15(17,18)12-3-4-14(23)21(9-12)10-13(22)20-7-5-11-2-1-6-19-8-11/h1-4,6,8-9H,5,7,10H2,(H,20,22). The highest BCUT2D eigenvalue weighted by Gasteiger charge is 2.31. The second-order valence-corrected chi connectivity index (χ2v) is 4.84. The molecule has 122 valence electrons. The van der Waals surface area contributed by atoms with E-state index in [1.807, 2.05) is 6.07 Å². The third kappa shape index (κ3) is 4.94. The number of halogens is 3. The first-order valence-corrected chi connectivity index (χ1v) is 6.79. The zero-order valence-electron chi connectivity index (χ0n) is 12.0. The summed E-state index contributed by atoms with van der Waals surface area (Å²) in [5, 5.41) is 2.56. The van der Waals surface area contributed by atoms with Crippen LogP contribution in [0.3, 0.4) is 0 Å². The molecular weight excluding hydrogens is 311 g/mol. The number of nitrogens with one attached hydrogen (secondary N) is 1. The Kier molecular flexibility index (Phi) is 5.15. The van der Waals surface area contributed by atoms with E-state index in [9.17, 15) is 22.8 Å². The van der Waals surface area contributed by atoms with Gasteiger partial charge in [0.25, 0.3) is 5.56 Å². The maximum atomic E-state index is 12.6. The lowest BCUT2D eigenvalue weighted by molar-refractivity contribution is -0.138. The minimum atomic E-state index is -4.56. The number of hydrogen-bond donors (Lipinski definition) is 1. The predicted molar refractivity (Wildman–Crippen MR) is 76.7 cm³/mol. The normalized spacial score (nSPS) is 11.3. The van der Waals surface area contributed by atoms with Crippen molar-refractivity contribution in [1.29, 1.82) is 0 Å². The predicted octanol–water partition coefficient (Wildman–Crippen LogP) is 1.62. The molecule has 2 heterocycles. The molecule has 0 saturated heterocycles. The van der Waals surface area contributed by atoms with Gasteiger partial charge < -0.3 is 9.88 Å². The van der Waals surface area contributed by atoms with Gasteiger partial charge >= 0.3 is 6.18 Å². The van der Waals surface area contributed by atoms with Crippen molar-refractivity contribution >= 4 is 5.91 Å². The molecule has 1 amide bonds. The lowest BCUT2D eigenvalue weighted by Crippen LogP contribution is -2.33. The molecule has 0 bridgehead atoms. The van der Waals surface area contributed by atoms with Crippen LogP contribution in [0.2, 0.25) is 0 Å². The summed E-state index contributed by atoms with van der Waals surface area (Å²) in [4.78, 5) is 27.2. The van der Waals surface area contributed by atoms with Crippen LogP contribution in [0.15, 0.2) is 47.7 Å². The summed E-state index contributed by atoms with van der Waals surface area (Å²) in [6.07, 6.45) is -0.0993. The highest BCUT2D eigenvalue weighted by Crippen LogP contribution is 2.27. The highest BCUT2D eigenvalue weighted by atomic mass is 19.4. The fraction of sp³-hybridized carbons (Fsp3) is 0.267. The maximum absolute atomic E-state index is 12.6. The third-order valence-corrected chi connectivity index (χ3v) is 3.08. The van der Waals surface area contributed by atoms with E-state index in [0.717, 1.165) is 16.2 Å². The topological polar surface area (TPSA) is 64.0 Å². The van der Waals surface area contributed by atoms with Crippen molar-refractivity contribution in [3.63, 3.8) is 0 Å². The second kappa shape index (κ2) is 7.08. The van der Waals surface area contributed by atoms with Crippen molar-refractivity contribution in [2.24, 2.45) is 0 Å². The minimum Gasteiger partial charge on any atom is -0.354 e. The van der Waals surface area contributed by atoms with Gasteiger partial charge in [-0.3, -0.25) is 14.6 Å². The van der Waals surface area contributed by atoms with Gasteiger partial charge in [0.15, 0.2) is 0 Å². The van der Waals surface area contributed by atoms with Crippen molar-refractivity contribution in [2.75, 3.05) is 6.54 Å². The fourth-order valence-electron chi connectivity index (χ4n) is 1.93. The van der Waals surface area contributed by atoms with Crippen LogP contribution in [-0.4, -0.2) is 22.0 Å². The van der Waals surface area contributed by atoms with E-state index in [1.54, 1.807) is 18.5 Å². The Morgan fingerprint density at radius 2 is 2.04 bits per heavy atom. The van der Waals surface area contributed by atoms with Crippen LogP contribution in [0.1, 0.15) is 11.1 Å². The molecule has 23 heavy (non-hydrogen) atoms. The second-order valence-electron chi connectivity index (χ2n) is 4.84. The Balaban J connectivity index is 1.94. The summed E-state index contributed by atoms with van der Waals surface area (Å²) in [6, 6.07) is 5.10. The Hall–Kier alpha value is -2.64. The van der Waals surface area contributed by atoms with Crippen LogP contribution in [0.5, 0.6) is 0 Å². The maximum Gasteiger partial charge on any atom is 0.417 e. The lowest BCUT2D eigenvalue weighted by Gasteiger charge is -2.11. The van der Waals surface area contributed by atoms with E-state index < -0.39 is 29.8 Å². The number of rotatable bonds is 5. The summed E-state index contributed by atoms with van der Waals surface area (Å²) in [5.41, 5.74) is -0.718. The number of amides is 1. The Bertz CT molecular complexity index is 727. The molecule has 0 fully saturated rings. The Morgan fingerprint density at radius 3 is 2.70 bits per heavy atom. The molecule has 0 aliphatic carbocycles. The van der Waals surface area contributed by atoms with E-state index in [1.165, 1.54) is 0 Å². The number of nitrogens with zero attached hydrogens (tertiary/aromatic N) is 2. The molecule has 0 aromatic carbocycles. The van der Waals surface area contributed by atoms with Crippen molar-refractivity contribution in [3.8, 4) is 0 Å². The van der Waals surface area contributed by atoms with Crippen molar-refractivity contribution in [1.82, 2.24) is 14.9 Å². The van der Waals surface area contributed by atoms with Crippen LogP contribution < -0.4 is 10.9 Å². The Labute approximate surface area is 129 Å². The first kappa shape index (κ1) is 16.7. The number of pyridine rings is 2. The average molecular weight is 325 g/mol. The van der Waals surface area contributed by atoms with Gasteiger partial charge in [-0.05, 0) is 24.1 Å². The van der Waals surface area contributed by atoms with Gasteiger partial charge in [-0.15, -0.1) is 0 Å². The largest absolute Gasteiger partial charge is 0.417 e. The molecule has 0 aliphatic heterocycles. The fourth-order valence-corrected chi connectivity index (χ4v) is 1.93. The summed E-state index contributed by atoms with van der Waals surface area (Å²) in [7, 11) is 0. The summed E-state index contributed by atoms with van der Waals surface area (Å²) in [5.74, 6) is -0.532. The quantitative estimate of drug-likeness (QED) is 0.909. The zero-order chi connectivity index (χ0) is 16.9. The van der Waals surface area contributed by atoms with Gasteiger partial charge in [-0.1, -0.05) is 6.07 Å². The third-order valence-electron chi connectivity index (χ3n) is 3.08. The van der Waals surface area contributed by atoms with Gasteiger partial charge in [0.2, 0.25) is 5.91 Å². The molecule has 5 nitrogen and oxygen atoms in total. The molecule has 0 aliphatic rings. The van der Waals surface area contributed by atoms with Crippen molar-refractivity contribution < 1.29 is 18.0 Å². The van der Waals surface area contributed by atoms with E-state index in [4.69, 9.17) is 0 Å². The van der Waals surface area contributed by atoms with Gasteiger partial charge in [0.1, 0.15) is 6.54 Å². The molecule has 0 unspecified atom stereocenters. The number of aromatic nitrogens is 2. The number of carbonyl (C=O) groups excluding carboxylic acids is 1. The first-order chi connectivity index (χ1) is 10.9. The zero-order valence-corrected chi connectivity index (χ0v) is 12.0. The van der Waals surface area contributed by atoms with Crippen molar-refractivity contribution in [3.05, 3.63) is 64.3 Å². The van der Waals surface area contributed by atoms with E-state index >= 15 is 0 Å². The van der Waals surface area contributed by atoms with Crippen LogP contribution in [0.25, 0.3) is 0 Å². The summed E-state index contributed by atoms with van der Waals surface area (Å²) < 4.78 is 38.6. The van der Waals surface area contributed by atoms with Gasteiger partial charge in [0.05, 0.1) is 5.56 Å². The van der Waals surface area contributed by atoms with E-state index in [2.05, 4.69) is 10.3 Å². The number of hydrogen-bond acceptors (Lipinski definition) is 3. The number of alkyl halides is 3. The van der Waals surface area contributed by atoms with Gasteiger partial charge in [-0.25, -0.2) is 0 Å².